The van der Waals surface area contributed by atoms with E-state index in [0.717, 1.165) is 0 Å². The van der Waals surface area contributed by atoms with E-state index in [9.17, 15) is 9.90 Å². The van der Waals surface area contributed by atoms with Crippen molar-refractivity contribution in [1.82, 2.24) is 5.32 Å². The van der Waals surface area contributed by atoms with E-state index in [1.807, 2.05) is 12.3 Å². The highest BCUT2D eigenvalue weighted by Gasteiger charge is 2.13. The van der Waals surface area contributed by atoms with Gasteiger partial charge in [0.2, 0.25) is 0 Å². The second-order valence-corrected chi connectivity index (χ2v) is 4.34. The zero-order valence-corrected chi connectivity index (χ0v) is 10.3. The standard InChI is InChI=1S/C11H17NO3S/c1-3-8(13)4-6-12-11(14)10-9(15-2)5-7-16-10/h5,7-8,13H,3-4,6H2,1-2H3,(H,12,14). The Bertz CT molecular complexity index is 338. The maximum Gasteiger partial charge on any atom is 0.265 e. The Balaban J connectivity index is 2.41. The Morgan fingerprint density at radius 2 is 2.44 bits per heavy atom. The lowest BCUT2D eigenvalue weighted by molar-refractivity contribution is 0.0943. The summed E-state index contributed by atoms with van der Waals surface area (Å²) in [6.45, 7) is 2.39. The average Bonchev–Trinajstić information content (AvgIpc) is 2.76. The van der Waals surface area contributed by atoms with Crippen LogP contribution in [0.15, 0.2) is 11.4 Å². The second kappa shape index (κ2) is 6.50. The number of ether oxygens (including phenoxy) is 1. The fraction of sp³-hybridized carbons (Fsp3) is 0.545. The van der Waals surface area contributed by atoms with Gasteiger partial charge in [0, 0.05) is 6.54 Å². The summed E-state index contributed by atoms with van der Waals surface area (Å²) < 4.78 is 5.06. The Labute approximate surface area is 99.2 Å². The molecule has 0 aliphatic rings. The first kappa shape index (κ1) is 13.0. The zero-order valence-electron chi connectivity index (χ0n) is 9.53. The lowest BCUT2D eigenvalue weighted by Gasteiger charge is -2.08. The number of rotatable bonds is 6. The topological polar surface area (TPSA) is 58.6 Å². The molecule has 0 spiro atoms. The number of hydrogen-bond acceptors (Lipinski definition) is 4. The number of carbonyl (C=O) groups is 1. The van der Waals surface area contributed by atoms with Crippen molar-refractivity contribution in [2.45, 2.75) is 25.9 Å². The molecule has 2 N–H and O–H groups in total. The van der Waals surface area contributed by atoms with Gasteiger partial charge in [0.05, 0.1) is 13.2 Å². The largest absolute Gasteiger partial charge is 0.495 e. The first-order valence-corrected chi connectivity index (χ1v) is 6.14. The highest BCUT2D eigenvalue weighted by molar-refractivity contribution is 7.12. The molecule has 0 radical (unpaired) electrons. The quantitative estimate of drug-likeness (QED) is 0.798. The molecule has 90 valence electrons. The zero-order chi connectivity index (χ0) is 12.0. The minimum Gasteiger partial charge on any atom is -0.495 e. The molecule has 1 aromatic rings. The third-order valence-electron chi connectivity index (χ3n) is 2.29. The summed E-state index contributed by atoms with van der Waals surface area (Å²) in [5.41, 5.74) is 0. The normalized spacial score (nSPS) is 12.2. The molecule has 0 fully saturated rings. The maximum atomic E-state index is 11.7. The van der Waals surface area contributed by atoms with Crippen LogP contribution in [0.1, 0.15) is 29.4 Å². The molecule has 1 atom stereocenters. The van der Waals surface area contributed by atoms with Crippen molar-refractivity contribution in [1.29, 1.82) is 0 Å². The molecule has 0 saturated heterocycles. The number of thiophene rings is 1. The molecule has 1 aromatic heterocycles. The minimum absolute atomic E-state index is 0.143. The van der Waals surface area contributed by atoms with Gasteiger partial charge in [0.25, 0.3) is 5.91 Å². The van der Waals surface area contributed by atoms with Crippen molar-refractivity contribution in [2.75, 3.05) is 13.7 Å². The number of aliphatic hydroxyl groups is 1. The Kier molecular flexibility index (Phi) is 5.28. The number of carbonyl (C=O) groups excluding carboxylic acids is 1. The molecule has 0 aromatic carbocycles. The Hall–Kier alpha value is -1.07. The number of methoxy groups -OCH3 is 1. The van der Waals surface area contributed by atoms with Gasteiger partial charge >= 0.3 is 0 Å². The molecule has 0 saturated carbocycles. The molecule has 1 amide bonds. The van der Waals surface area contributed by atoms with E-state index in [0.29, 0.717) is 30.0 Å². The summed E-state index contributed by atoms with van der Waals surface area (Å²) in [7, 11) is 1.54. The molecular formula is C11H17NO3S. The molecular weight excluding hydrogens is 226 g/mol. The maximum absolute atomic E-state index is 11.7. The van der Waals surface area contributed by atoms with E-state index in [2.05, 4.69) is 5.32 Å². The predicted molar refractivity (Wildman–Crippen MR) is 64.1 cm³/mol. The van der Waals surface area contributed by atoms with Gasteiger partial charge in [-0.25, -0.2) is 0 Å². The molecule has 1 rings (SSSR count). The molecule has 5 heteroatoms. The fourth-order valence-corrected chi connectivity index (χ4v) is 2.03. The van der Waals surface area contributed by atoms with Gasteiger partial charge in [-0.2, -0.15) is 0 Å². The Morgan fingerprint density at radius 1 is 1.69 bits per heavy atom. The van der Waals surface area contributed by atoms with E-state index in [1.54, 1.807) is 13.2 Å². The molecule has 1 heterocycles. The van der Waals surface area contributed by atoms with Crippen molar-refractivity contribution in [2.24, 2.45) is 0 Å². The van der Waals surface area contributed by atoms with E-state index in [1.165, 1.54) is 11.3 Å². The number of amides is 1. The van der Waals surface area contributed by atoms with Crippen molar-refractivity contribution in [3.63, 3.8) is 0 Å². The summed E-state index contributed by atoms with van der Waals surface area (Å²) in [4.78, 5) is 12.3. The van der Waals surface area contributed by atoms with Crippen molar-refractivity contribution >= 4 is 17.2 Å². The smallest absolute Gasteiger partial charge is 0.265 e. The van der Waals surface area contributed by atoms with Gasteiger partial charge in [-0.05, 0) is 24.3 Å². The van der Waals surface area contributed by atoms with Crippen LogP contribution in [0, 0.1) is 0 Å². The van der Waals surface area contributed by atoms with Crippen LogP contribution in [0.5, 0.6) is 5.75 Å². The second-order valence-electron chi connectivity index (χ2n) is 3.42. The van der Waals surface area contributed by atoms with E-state index in [-0.39, 0.29) is 12.0 Å². The Morgan fingerprint density at radius 3 is 3.06 bits per heavy atom. The predicted octanol–water partition coefficient (Wildman–Crippen LogP) is 1.65. The van der Waals surface area contributed by atoms with Crippen molar-refractivity contribution in [3.8, 4) is 5.75 Å². The molecule has 4 nitrogen and oxygen atoms in total. The summed E-state index contributed by atoms with van der Waals surface area (Å²) in [5, 5.41) is 13.9. The van der Waals surface area contributed by atoms with Gasteiger partial charge in [-0.3, -0.25) is 4.79 Å². The van der Waals surface area contributed by atoms with Crippen LogP contribution >= 0.6 is 11.3 Å². The molecule has 16 heavy (non-hydrogen) atoms. The molecule has 0 bridgehead atoms. The number of nitrogens with one attached hydrogen (secondary N) is 1. The first-order chi connectivity index (χ1) is 7.69. The molecule has 1 unspecified atom stereocenters. The summed E-state index contributed by atoms with van der Waals surface area (Å²) in [6, 6.07) is 1.76. The first-order valence-electron chi connectivity index (χ1n) is 5.26. The van der Waals surface area contributed by atoms with Crippen LogP contribution in [-0.4, -0.2) is 30.8 Å². The van der Waals surface area contributed by atoms with Gasteiger partial charge in [-0.15, -0.1) is 11.3 Å². The lowest BCUT2D eigenvalue weighted by Crippen LogP contribution is -2.26. The van der Waals surface area contributed by atoms with Crippen molar-refractivity contribution in [3.05, 3.63) is 16.3 Å². The van der Waals surface area contributed by atoms with Gasteiger partial charge in [-0.1, -0.05) is 6.92 Å². The average molecular weight is 243 g/mol. The highest BCUT2D eigenvalue weighted by Crippen LogP contribution is 2.23. The van der Waals surface area contributed by atoms with Gasteiger partial charge in [0.15, 0.2) is 0 Å². The number of aliphatic hydroxyl groups excluding tert-OH is 1. The third-order valence-corrected chi connectivity index (χ3v) is 3.18. The van der Waals surface area contributed by atoms with Crippen molar-refractivity contribution < 1.29 is 14.6 Å². The van der Waals surface area contributed by atoms with Gasteiger partial charge < -0.3 is 15.2 Å². The summed E-state index contributed by atoms with van der Waals surface area (Å²) in [6.07, 6.45) is 0.944. The summed E-state index contributed by atoms with van der Waals surface area (Å²) >= 11 is 1.35. The third kappa shape index (κ3) is 3.50. The minimum atomic E-state index is -0.342. The van der Waals surface area contributed by atoms with Crippen LogP contribution in [0.3, 0.4) is 0 Å². The number of hydrogen-bond donors (Lipinski definition) is 2. The molecule has 0 aliphatic carbocycles. The van der Waals surface area contributed by atoms with Crippen LogP contribution in [0.25, 0.3) is 0 Å². The van der Waals surface area contributed by atoms with Crippen LogP contribution in [0.4, 0.5) is 0 Å². The lowest BCUT2D eigenvalue weighted by atomic mass is 10.2. The van der Waals surface area contributed by atoms with E-state index in [4.69, 9.17) is 4.74 Å². The fourth-order valence-electron chi connectivity index (χ4n) is 1.26. The van der Waals surface area contributed by atoms with Crippen LogP contribution in [0.2, 0.25) is 0 Å². The van der Waals surface area contributed by atoms with Crippen LogP contribution in [-0.2, 0) is 0 Å². The molecule has 0 aliphatic heterocycles. The summed E-state index contributed by atoms with van der Waals surface area (Å²) in [5.74, 6) is 0.452. The monoisotopic (exact) mass is 243 g/mol. The van der Waals surface area contributed by atoms with Crippen LogP contribution < -0.4 is 10.1 Å². The highest BCUT2D eigenvalue weighted by atomic mass is 32.1. The van der Waals surface area contributed by atoms with Gasteiger partial charge in [0.1, 0.15) is 10.6 Å². The van der Waals surface area contributed by atoms with E-state index < -0.39 is 0 Å². The SMILES string of the molecule is CCC(O)CCNC(=O)c1sccc1OC. The van der Waals surface area contributed by atoms with E-state index >= 15 is 0 Å².